The highest BCUT2D eigenvalue weighted by Crippen LogP contribution is 2.42. The number of nitrogens with zero attached hydrogens (tertiary/aromatic N) is 1. The molecule has 2 unspecified atom stereocenters. The van der Waals surface area contributed by atoms with E-state index in [1.807, 2.05) is 0 Å². The van der Waals surface area contributed by atoms with Gasteiger partial charge in [-0.15, -0.1) is 0 Å². The predicted octanol–water partition coefficient (Wildman–Crippen LogP) is 4.01. The van der Waals surface area contributed by atoms with Crippen LogP contribution in [0.3, 0.4) is 0 Å². The van der Waals surface area contributed by atoms with E-state index in [9.17, 15) is 4.79 Å². The number of hydrogen-bond donors (Lipinski definition) is 0. The van der Waals surface area contributed by atoms with E-state index < -0.39 is 0 Å². The number of carbonyl (C=O) groups is 1. The second kappa shape index (κ2) is 6.51. The van der Waals surface area contributed by atoms with Crippen molar-refractivity contribution in [3.8, 4) is 0 Å². The molecular weight excluding hydrogens is 274 g/mol. The maximum Gasteiger partial charge on any atom is 0.225 e. The van der Waals surface area contributed by atoms with Crippen LogP contribution in [0.4, 0.5) is 0 Å². The lowest BCUT2D eigenvalue weighted by molar-refractivity contribution is -0.143. The molecule has 2 atom stereocenters. The molecule has 2 saturated carbocycles. The number of amides is 1. The zero-order chi connectivity index (χ0) is 15.7. The van der Waals surface area contributed by atoms with E-state index in [4.69, 9.17) is 4.74 Å². The molecule has 3 rings (SSSR count). The summed E-state index contributed by atoms with van der Waals surface area (Å²) in [5.74, 6) is 1.35. The summed E-state index contributed by atoms with van der Waals surface area (Å²) in [6.07, 6.45) is 10.2. The quantitative estimate of drug-likeness (QED) is 0.788. The number of ether oxygens (including phenoxy) is 1. The van der Waals surface area contributed by atoms with Crippen molar-refractivity contribution in [2.24, 2.45) is 17.3 Å². The average Bonchev–Trinajstić information content (AvgIpc) is 2.40. The van der Waals surface area contributed by atoms with Crippen LogP contribution in [0.15, 0.2) is 0 Å². The lowest BCUT2D eigenvalue weighted by Crippen LogP contribution is -2.46. The fraction of sp³-hybridized carbons (Fsp3) is 0.947. The molecule has 3 fully saturated rings. The maximum absolute atomic E-state index is 12.9. The number of hydrogen-bond acceptors (Lipinski definition) is 2. The van der Waals surface area contributed by atoms with Crippen molar-refractivity contribution in [1.82, 2.24) is 4.90 Å². The fourth-order valence-corrected chi connectivity index (χ4v) is 4.78. The van der Waals surface area contributed by atoms with Gasteiger partial charge < -0.3 is 9.64 Å². The summed E-state index contributed by atoms with van der Waals surface area (Å²) < 4.78 is 6.11. The third-order valence-electron chi connectivity index (χ3n) is 5.93. The minimum absolute atomic E-state index is 0.253. The molecule has 3 aliphatic rings. The van der Waals surface area contributed by atoms with E-state index in [2.05, 4.69) is 25.7 Å². The highest BCUT2D eigenvalue weighted by Gasteiger charge is 2.38. The first-order chi connectivity index (χ1) is 10.4. The molecule has 0 spiro atoms. The lowest BCUT2D eigenvalue weighted by atomic mass is 9.67. The number of likely N-dealkylation sites (tertiary alicyclic amines) is 1. The second-order valence-electron chi connectivity index (χ2n) is 8.82. The van der Waals surface area contributed by atoms with Crippen LogP contribution in [0.1, 0.15) is 72.1 Å². The summed E-state index contributed by atoms with van der Waals surface area (Å²) in [6.45, 7) is 8.76. The van der Waals surface area contributed by atoms with E-state index in [0.29, 0.717) is 29.4 Å². The Morgan fingerprint density at radius 1 is 1.05 bits per heavy atom. The summed E-state index contributed by atoms with van der Waals surface area (Å²) in [5.41, 5.74) is 0.323. The normalized spacial score (nSPS) is 33.5. The first-order valence-electron chi connectivity index (χ1n) is 9.37. The standard InChI is InChI=1S/C19H33NO2/c1-14-11-15(13-19(2,3)12-14)18(21)20-9-7-17(8-10-20)22-16-5-4-6-16/h14-17H,4-13H2,1-3H3. The molecule has 22 heavy (non-hydrogen) atoms. The third-order valence-corrected chi connectivity index (χ3v) is 5.93. The Kier molecular flexibility index (Phi) is 4.82. The minimum Gasteiger partial charge on any atom is -0.375 e. The molecular formula is C19H33NO2. The van der Waals surface area contributed by atoms with Gasteiger partial charge in [0, 0.05) is 19.0 Å². The molecule has 1 aliphatic heterocycles. The largest absolute Gasteiger partial charge is 0.375 e. The topological polar surface area (TPSA) is 29.5 Å². The monoisotopic (exact) mass is 307 g/mol. The van der Waals surface area contributed by atoms with Gasteiger partial charge in [-0.2, -0.15) is 0 Å². The van der Waals surface area contributed by atoms with Crippen molar-refractivity contribution in [3.63, 3.8) is 0 Å². The Balaban J connectivity index is 1.48. The van der Waals surface area contributed by atoms with Crippen LogP contribution in [-0.2, 0) is 9.53 Å². The first-order valence-corrected chi connectivity index (χ1v) is 9.37. The van der Waals surface area contributed by atoms with Crippen molar-refractivity contribution in [3.05, 3.63) is 0 Å². The van der Waals surface area contributed by atoms with Gasteiger partial charge in [-0.25, -0.2) is 0 Å². The van der Waals surface area contributed by atoms with Crippen LogP contribution in [0, 0.1) is 17.3 Å². The number of piperidine rings is 1. The van der Waals surface area contributed by atoms with E-state index in [1.54, 1.807) is 0 Å². The van der Waals surface area contributed by atoms with Crippen LogP contribution >= 0.6 is 0 Å². The van der Waals surface area contributed by atoms with Crippen molar-refractivity contribution >= 4 is 5.91 Å². The highest BCUT2D eigenvalue weighted by molar-refractivity contribution is 5.79. The molecule has 0 N–H and O–H groups in total. The smallest absolute Gasteiger partial charge is 0.225 e. The van der Waals surface area contributed by atoms with Gasteiger partial charge in [0.05, 0.1) is 12.2 Å². The highest BCUT2D eigenvalue weighted by atomic mass is 16.5. The lowest BCUT2D eigenvalue weighted by Gasteiger charge is -2.42. The molecule has 0 aromatic heterocycles. The number of rotatable bonds is 3. The van der Waals surface area contributed by atoms with Gasteiger partial charge in [-0.3, -0.25) is 4.79 Å². The van der Waals surface area contributed by atoms with Gasteiger partial charge in [0.2, 0.25) is 5.91 Å². The van der Waals surface area contributed by atoms with E-state index >= 15 is 0 Å². The van der Waals surface area contributed by atoms with E-state index in [1.165, 1.54) is 25.7 Å². The predicted molar refractivity (Wildman–Crippen MR) is 88.6 cm³/mol. The fourth-order valence-electron chi connectivity index (χ4n) is 4.78. The molecule has 3 heteroatoms. The van der Waals surface area contributed by atoms with Crippen molar-refractivity contribution in [2.75, 3.05) is 13.1 Å². The maximum atomic E-state index is 12.9. The Morgan fingerprint density at radius 3 is 2.23 bits per heavy atom. The van der Waals surface area contributed by atoms with Gasteiger partial charge >= 0.3 is 0 Å². The first kappa shape index (κ1) is 16.3. The van der Waals surface area contributed by atoms with E-state index in [-0.39, 0.29) is 5.92 Å². The Hall–Kier alpha value is -0.570. The van der Waals surface area contributed by atoms with Crippen molar-refractivity contribution in [2.45, 2.75) is 84.3 Å². The summed E-state index contributed by atoms with van der Waals surface area (Å²) in [4.78, 5) is 15.0. The summed E-state index contributed by atoms with van der Waals surface area (Å²) >= 11 is 0. The van der Waals surface area contributed by atoms with Gasteiger partial charge in [-0.05, 0) is 62.7 Å². The molecule has 0 bridgehead atoms. The summed E-state index contributed by atoms with van der Waals surface area (Å²) in [6, 6.07) is 0. The van der Waals surface area contributed by atoms with Crippen molar-refractivity contribution in [1.29, 1.82) is 0 Å². The molecule has 0 aromatic rings. The molecule has 0 aromatic carbocycles. The van der Waals surface area contributed by atoms with Crippen LogP contribution < -0.4 is 0 Å². The minimum atomic E-state index is 0.253. The van der Waals surface area contributed by atoms with E-state index in [0.717, 1.165) is 38.8 Å². The average molecular weight is 307 g/mol. The van der Waals surface area contributed by atoms with Crippen LogP contribution in [0.25, 0.3) is 0 Å². The van der Waals surface area contributed by atoms with Gasteiger partial charge in [0.15, 0.2) is 0 Å². The van der Waals surface area contributed by atoms with Gasteiger partial charge in [0.25, 0.3) is 0 Å². The Morgan fingerprint density at radius 2 is 1.68 bits per heavy atom. The zero-order valence-corrected chi connectivity index (χ0v) is 14.6. The molecule has 2 aliphatic carbocycles. The van der Waals surface area contributed by atoms with Crippen LogP contribution in [-0.4, -0.2) is 36.1 Å². The molecule has 3 nitrogen and oxygen atoms in total. The molecule has 0 radical (unpaired) electrons. The second-order valence-corrected chi connectivity index (χ2v) is 8.82. The van der Waals surface area contributed by atoms with Crippen LogP contribution in [0.5, 0.6) is 0 Å². The number of carbonyl (C=O) groups excluding carboxylic acids is 1. The third kappa shape index (κ3) is 3.84. The van der Waals surface area contributed by atoms with Gasteiger partial charge in [0.1, 0.15) is 0 Å². The molecule has 1 heterocycles. The molecule has 126 valence electrons. The van der Waals surface area contributed by atoms with Crippen LogP contribution in [0.2, 0.25) is 0 Å². The van der Waals surface area contributed by atoms with Crippen molar-refractivity contribution < 1.29 is 9.53 Å². The van der Waals surface area contributed by atoms with Gasteiger partial charge in [-0.1, -0.05) is 20.8 Å². The zero-order valence-electron chi connectivity index (χ0n) is 14.6. The SMILES string of the molecule is CC1CC(C(=O)N2CCC(OC3CCC3)CC2)CC(C)(C)C1. The summed E-state index contributed by atoms with van der Waals surface area (Å²) in [7, 11) is 0. The Bertz CT molecular complexity index is 394. The summed E-state index contributed by atoms with van der Waals surface area (Å²) in [5, 5.41) is 0. The molecule has 1 saturated heterocycles. The molecule has 1 amide bonds. The Labute approximate surface area is 135 Å².